The molecular formula is C20H26N2O3. The predicted molar refractivity (Wildman–Crippen MR) is 98.7 cm³/mol. The zero-order valence-corrected chi connectivity index (χ0v) is 14.8. The van der Waals surface area contributed by atoms with Gasteiger partial charge in [0.1, 0.15) is 0 Å². The molecule has 0 aliphatic carbocycles. The first-order chi connectivity index (χ1) is 12.1. The van der Waals surface area contributed by atoms with Crippen LogP contribution in [0.15, 0.2) is 48.5 Å². The fourth-order valence-corrected chi connectivity index (χ4v) is 2.51. The summed E-state index contributed by atoms with van der Waals surface area (Å²) in [4.78, 5) is 10.8. The topological polar surface area (TPSA) is 73.6 Å². The van der Waals surface area contributed by atoms with E-state index in [4.69, 9.17) is 15.2 Å². The van der Waals surface area contributed by atoms with Gasteiger partial charge >= 0.3 is 0 Å². The number of nitrogens with one attached hydrogen (secondary N) is 1. The van der Waals surface area contributed by atoms with Gasteiger partial charge in [0.05, 0.1) is 7.11 Å². The van der Waals surface area contributed by atoms with Gasteiger partial charge in [0.25, 0.3) is 5.91 Å². The lowest BCUT2D eigenvalue weighted by molar-refractivity contribution is -0.119. The van der Waals surface area contributed by atoms with Gasteiger partial charge in [-0.2, -0.15) is 0 Å². The highest BCUT2D eigenvalue weighted by molar-refractivity contribution is 5.75. The molecule has 0 bridgehead atoms. The maximum Gasteiger partial charge on any atom is 0.255 e. The van der Waals surface area contributed by atoms with Gasteiger partial charge in [0.2, 0.25) is 0 Å². The van der Waals surface area contributed by atoms with E-state index < -0.39 is 5.91 Å². The van der Waals surface area contributed by atoms with Crippen LogP contribution in [-0.2, 0) is 17.8 Å². The van der Waals surface area contributed by atoms with Crippen molar-refractivity contribution in [3.05, 3.63) is 59.7 Å². The SMILES string of the molecule is COc1cc(CN[C@@H](C)CCc2ccccc2)ccc1OCC(N)=O. The van der Waals surface area contributed by atoms with Crippen molar-refractivity contribution < 1.29 is 14.3 Å². The number of nitrogens with two attached hydrogens (primary N) is 1. The number of carbonyl (C=O) groups excluding carboxylic acids is 1. The Bertz CT molecular complexity index is 674. The molecule has 2 aromatic rings. The minimum Gasteiger partial charge on any atom is -0.493 e. The summed E-state index contributed by atoms with van der Waals surface area (Å²) in [7, 11) is 1.58. The second-order valence-electron chi connectivity index (χ2n) is 6.05. The van der Waals surface area contributed by atoms with Gasteiger partial charge in [-0.3, -0.25) is 4.79 Å². The minimum atomic E-state index is -0.514. The highest BCUT2D eigenvalue weighted by Crippen LogP contribution is 2.28. The number of primary amides is 1. The summed E-state index contributed by atoms with van der Waals surface area (Å²) in [5.74, 6) is 0.597. The maximum atomic E-state index is 10.8. The van der Waals surface area contributed by atoms with Crippen LogP contribution in [-0.4, -0.2) is 25.7 Å². The van der Waals surface area contributed by atoms with Crippen LogP contribution in [0.1, 0.15) is 24.5 Å². The molecule has 5 heteroatoms. The lowest BCUT2D eigenvalue weighted by Crippen LogP contribution is -2.26. The van der Waals surface area contributed by atoms with Crippen molar-refractivity contribution in [2.24, 2.45) is 5.73 Å². The molecule has 2 aromatic carbocycles. The molecule has 1 atom stereocenters. The fourth-order valence-electron chi connectivity index (χ4n) is 2.51. The van der Waals surface area contributed by atoms with E-state index in [1.165, 1.54) is 5.56 Å². The molecule has 3 N–H and O–H groups in total. The lowest BCUT2D eigenvalue weighted by atomic mass is 10.1. The van der Waals surface area contributed by atoms with Gasteiger partial charge in [-0.25, -0.2) is 0 Å². The van der Waals surface area contributed by atoms with Crippen molar-refractivity contribution >= 4 is 5.91 Å². The van der Waals surface area contributed by atoms with E-state index in [0.717, 1.165) is 24.9 Å². The van der Waals surface area contributed by atoms with E-state index in [2.05, 4.69) is 36.5 Å². The largest absolute Gasteiger partial charge is 0.493 e. The summed E-state index contributed by atoms with van der Waals surface area (Å²) in [6.07, 6.45) is 2.12. The van der Waals surface area contributed by atoms with Gasteiger partial charge in [-0.1, -0.05) is 36.4 Å². The van der Waals surface area contributed by atoms with E-state index in [9.17, 15) is 4.79 Å². The third kappa shape index (κ3) is 6.47. The highest BCUT2D eigenvalue weighted by Gasteiger charge is 2.08. The monoisotopic (exact) mass is 342 g/mol. The van der Waals surface area contributed by atoms with Crippen molar-refractivity contribution in [3.63, 3.8) is 0 Å². The zero-order chi connectivity index (χ0) is 18.1. The predicted octanol–water partition coefficient (Wildman–Crippen LogP) is 2.67. The normalized spacial score (nSPS) is 11.8. The molecule has 0 unspecified atom stereocenters. The van der Waals surface area contributed by atoms with E-state index in [1.54, 1.807) is 13.2 Å². The molecule has 0 aromatic heterocycles. The summed E-state index contributed by atoms with van der Waals surface area (Å²) >= 11 is 0. The smallest absolute Gasteiger partial charge is 0.255 e. The number of aryl methyl sites for hydroxylation is 1. The summed E-state index contributed by atoms with van der Waals surface area (Å²) in [6, 6.07) is 16.6. The molecule has 0 spiro atoms. The molecule has 0 heterocycles. The first-order valence-electron chi connectivity index (χ1n) is 8.44. The highest BCUT2D eigenvalue weighted by atomic mass is 16.5. The molecule has 2 rings (SSSR count). The zero-order valence-electron chi connectivity index (χ0n) is 14.8. The Morgan fingerprint density at radius 1 is 1.12 bits per heavy atom. The Labute approximate surface area is 149 Å². The van der Waals surface area contributed by atoms with Crippen LogP contribution in [0.3, 0.4) is 0 Å². The minimum absolute atomic E-state index is 0.162. The summed E-state index contributed by atoms with van der Waals surface area (Å²) < 4.78 is 10.7. The summed E-state index contributed by atoms with van der Waals surface area (Å²) in [6.45, 7) is 2.76. The number of rotatable bonds is 10. The third-order valence-corrected chi connectivity index (χ3v) is 3.96. The van der Waals surface area contributed by atoms with Gasteiger partial charge in [-0.15, -0.1) is 0 Å². The molecule has 0 fully saturated rings. The molecule has 0 aliphatic rings. The molecular weight excluding hydrogens is 316 g/mol. The van der Waals surface area contributed by atoms with Gasteiger partial charge in [0, 0.05) is 12.6 Å². The molecule has 5 nitrogen and oxygen atoms in total. The third-order valence-electron chi connectivity index (χ3n) is 3.96. The van der Waals surface area contributed by atoms with E-state index in [-0.39, 0.29) is 6.61 Å². The van der Waals surface area contributed by atoms with Crippen LogP contribution in [0.5, 0.6) is 11.5 Å². The summed E-state index contributed by atoms with van der Waals surface area (Å²) in [5, 5.41) is 3.52. The Balaban J connectivity index is 1.84. The Kier molecular flexibility index (Phi) is 7.29. The van der Waals surface area contributed by atoms with E-state index >= 15 is 0 Å². The first-order valence-corrected chi connectivity index (χ1v) is 8.44. The number of methoxy groups -OCH3 is 1. The van der Waals surface area contributed by atoms with Crippen molar-refractivity contribution in [3.8, 4) is 11.5 Å². The molecule has 1 amide bonds. The van der Waals surface area contributed by atoms with E-state index in [0.29, 0.717) is 17.5 Å². The Morgan fingerprint density at radius 2 is 1.88 bits per heavy atom. The standard InChI is InChI=1S/C20H26N2O3/c1-15(8-9-16-6-4-3-5-7-16)22-13-17-10-11-18(19(12-17)24-2)25-14-20(21)23/h3-7,10-12,15,22H,8-9,13-14H2,1-2H3,(H2,21,23)/t15-/m0/s1. The average molecular weight is 342 g/mol. The molecule has 0 saturated heterocycles. The van der Waals surface area contributed by atoms with Crippen LogP contribution in [0, 0.1) is 0 Å². The second-order valence-corrected chi connectivity index (χ2v) is 6.05. The number of ether oxygens (including phenoxy) is 2. The van der Waals surface area contributed by atoms with Gasteiger partial charge in [0.15, 0.2) is 18.1 Å². The van der Waals surface area contributed by atoms with Crippen LogP contribution < -0.4 is 20.5 Å². The molecule has 0 saturated carbocycles. The number of hydrogen-bond acceptors (Lipinski definition) is 4. The van der Waals surface area contributed by atoms with E-state index in [1.807, 2.05) is 18.2 Å². The number of amides is 1. The Hall–Kier alpha value is -2.53. The Morgan fingerprint density at radius 3 is 2.56 bits per heavy atom. The number of hydrogen-bond donors (Lipinski definition) is 2. The van der Waals surface area contributed by atoms with Gasteiger partial charge < -0.3 is 20.5 Å². The van der Waals surface area contributed by atoms with Crippen molar-refractivity contribution in [2.75, 3.05) is 13.7 Å². The van der Waals surface area contributed by atoms with Gasteiger partial charge in [-0.05, 0) is 43.0 Å². The second kappa shape index (κ2) is 9.69. The van der Waals surface area contributed by atoms with Crippen LogP contribution in [0.2, 0.25) is 0 Å². The van der Waals surface area contributed by atoms with Crippen LogP contribution >= 0.6 is 0 Å². The van der Waals surface area contributed by atoms with Crippen LogP contribution in [0.25, 0.3) is 0 Å². The van der Waals surface area contributed by atoms with Crippen molar-refractivity contribution in [2.45, 2.75) is 32.4 Å². The fraction of sp³-hybridized carbons (Fsp3) is 0.350. The van der Waals surface area contributed by atoms with Crippen molar-refractivity contribution in [1.29, 1.82) is 0 Å². The molecule has 134 valence electrons. The average Bonchev–Trinajstić information content (AvgIpc) is 2.64. The first kappa shape index (κ1) is 18.8. The lowest BCUT2D eigenvalue weighted by Gasteiger charge is -2.15. The quantitative estimate of drug-likeness (QED) is 0.696. The summed E-state index contributed by atoms with van der Waals surface area (Å²) in [5.41, 5.74) is 7.55. The molecule has 25 heavy (non-hydrogen) atoms. The number of benzene rings is 2. The number of carbonyl (C=O) groups is 1. The molecule has 0 radical (unpaired) electrons. The van der Waals surface area contributed by atoms with Crippen molar-refractivity contribution in [1.82, 2.24) is 5.32 Å². The van der Waals surface area contributed by atoms with Crippen LogP contribution in [0.4, 0.5) is 0 Å². The molecule has 0 aliphatic heterocycles. The maximum absolute atomic E-state index is 10.8.